The van der Waals surface area contributed by atoms with E-state index in [2.05, 4.69) is 4.72 Å². The molecule has 1 aromatic rings. The molecule has 0 bridgehead atoms. The molecule has 19 heavy (non-hydrogen) atoms. The van der Waals surface area contributed by atoms with Crippen molar-refractivity contribution in [3.05, 3.63) is 15.8 Å². The van der Waals surface area contributed by atoms with Gasteiger partial charge in [-0.05, 0) is 33.3 Å². The Morgan fingerprint density at radius 1 is 1.47 bits per heavy atom. The van der Waals surface area contributed by atoms with E-state index in [0.717, 1.165) is 4.88 Å². The fraction of sp³-hybridized carbons (Fsp3) is 0.583. The Kier molecular flexibility index (Phi) is 4.76. The Balaban J connectivity index is 2.93. The summed E-state index contributed by atoms with van der Waals surface area (Å²) in [6.07, 6.45) is 0.354. The molecule has 0 aliphatic heterocycles. The highest BCUT2D eigenvalue weighted by atomic mass is 32.2. The number of aryl methyl sites for hydroxylation is 2. The van der Waals surface area contributed by atoms with Crippen LogP contribution in [0.3, 0.4) is 0 Å². The van der Waals surface area contributed by atoms with Gasteiger partial charge in [0, 0.05) is 16.3 Å². The highest BCUT2D eigenvalue weighted by molar-refractivity contribution is 7.89. The van der Waals surface area contributed by atoms with Crippen molar-refractivity contribution >= 4 is 27.3 Å². The van der Waals surface area contributed by atoms with E-state index < -0.39 is 21.4 Å². The zero-order valence-electron chi connectivity index (χ0n) is 11.5. The van der Waals surface area contributed by atoms with E-state index >= 15 is 0 Å². The molecular formula is C12H19NO4S2. The van der Waals surface area contributed by atoms with Gasteiger partial charge in [-0.15, -0.1) is 11.3 Å². The van der Waals surface area contributed by atoms with Crippen LogP contribution in [0.2, 0.25) is 0 Å². The van der Waals surface area contributed by atoms with Gasteiger partial charge in [0.05, 0.1) is 10.3 Å². The zero-order valence-corrected chi connectivity index (χ0v) is 13.1. The lowest BCUT2D eigenvalue weighted by Crippen LogP contribution is -2.40. The lowest BCUT2D eigenvalue weighted by atomic mass is 9.88. The molecule has 108 valence electrons. The molecule has 0 amide bonds. The Bertz CT molecular complexity index is 577. The van der Waals surface area contributed by atoms with E-state index in [4.69, 9.17) is 5.11 Å². The molecular weight excluding hydrogens is 286 g/mol. The maximum absolute atomic E-state index is 12.2. The van der Waals surface area contributed by atoms with E-state index in [-0.39, 0.29) is 11.4 Å². The highest BCUT2D eigenvalue weighted by Gasteiger charge is 2.33. The molecule has 0 fully saturated rings. The van der Waals surface area contributed by atoms with Crippen molar-refractivity contribution in [2.45, 2.75) is 39.0 Å². The number of aliphatic carboxylic acids is 1. The van der Waals surface area contributed by atoms with Crippen LogP contribution in [0.25, 0.3) is 0 Å². The van der Waals surface area contributed by atoms with E-state index in [1.54, 1.807) is 19.9 Å². The number of carboxylic acid groups (broad SMARTS) is 1. The number of carbonyl (C=O) groups is 1. The van der Waals surface area contributed by atoms with E-state index in [1.165, 1.54) is 18.3 Å². The SMILES string of the molecule is CCC(C)(CNS(=O)(=O)c1cc(C)sc1C)C(=O)O. The van der Waals surface area contributed by atoms with Gasteiger partial charge in [-0.25, -0.2) is 13.1 Å². The Morgan fingerprint density at radius 3 is 2.42 bits per heavy atom. The first-order chi connectivity index (χ1) is 8.62. The summed E-state index contributed by atoms with van der Waals surface area (Å²) >= 11 is 1.41. The summed E-state index contributed by atoms with van der Waals surface area (Å²) in [6, 6.07) is 1.60. The van der Waals surface area contributed by atoms with Crippen LogP contribution >= 0.6 is 11.3 Å². The number of hydrogen-bond acceptors (Lipinski definition) is 4. The number of thiophene rings is 1. The lowest BCUT2D eigenvalue weighted by Gasteiger charge is -2.23. The highest BCUT2D eigenvalue weighted by Crippen LogP contribution is 2.26. The third kappa shape index (κ3) is 3.55. The Hall–Kier alpha value is -0.920. The van der Waals surface area contributed by atoms with Crippen LogP contribution in [0, 0.1) is 19.3 Å². The standard InChI is InChI=1S/C12H19NO4S2/c1-5-12(4,11(14)15)7-13-19(16,17)10-6-8(2)18-9(10)3/h6,13H,5,7H2,1-4H3,(H,14,15). The quantitative estimate of drug-likeness (QED) is 0.843. The van der Waals surface area contributed by atoms with Gasteiger partial charge < -0.3 is 5.11 Å². The van der Waals surface area contributed by atoms with Crippen molar-refractivity contribution in [1.82, 2.24) is 4.72 Å². The Morgan fingerprint density at radius 2 is 2.05 bits per heavy atom. The molecule has 0 aliphatic carbocycles. The second-order valence-electron chi connectivity index (χ2n) is 4.82. The van der Waals surface area contributed by atoms with Gasteiger partial charge in [-0.3, -0.25) is 4.79 Å². The molecule has 7 heteroatoms. The van der Waals surface area contributed by atoms with Crippen molar-refractivity contribution in [2.24, 2.45) is 5.41 Å². The second-order valence-corrected chi connectivity index (χ2v) is 8.02. The average Bonchev–Trinajstić information content (AvgIpc) is 2.66. The summed E-state index contributed by atoms with van der Waals surface area (Å²) in [4.78, 5) is 13.0. The van der Waals surface area contributed by atoms with Crippen LogP contribution in [0.15, 0.2) is 11.0 Å². The minimum atomic E-state index is -3.65. The topological polar surface area (TPSA) is 83.5 Å². The number of sulfonamides is 1. The molecule has 0 aromatic carbocycles. The van der Waals surface area contributed by atoms with Crippen LogP contribution in [0.1, 0.15) is 30.0 Å². The van der Waals surface area contributed by atoms with Gasteiger partial charge in [0.25, 0.3) is 0 Å². The van der Waals surface area contributed by atoms with Crippen molar-refractivity contribution < 1.29 is 18.3 Å². The van der Waals surface area contributed by atoms with Crippen LogP contribution in [-0.4, -0.2) is 26.0 Å². The third-order valence-corrected chi connectivity index (χ3v) is 5.86. The number of carboxylic acids is 1. The molecule has 1 unspecified atom stereocenters. The van der Waals surface area contributed by atoms with Crippen LogP contribution in [0.4, 0.5) is 0 Å². The smallest absolute Gasteiger partial charge is 0.310 e. The van der Waals surface area contributed by atoms with E-state index in [9.17, 15) is 13.2 Å². The van der Waals surface area contributed by atoms with Gasteiger partial charge in [-0.1, -0.05) is 6.92 Å². The fourth-order valence-corrected chi connectivity index (χ4v) is 4.28. The first kappa shape index (κ1) is 16.1. The normalized spacial score (nSPS) is 15.2. The molecule has 2 N–H and O–H groups in total. The molecule has 1 rings (SSSR count). The minimum Gasteiger partial charge on any atom is -0.481 e. The summed E-state index contributed by atoms with van der Waals surface area (Å²) < 4.78 is 26.7. The predicted octanol–water partition coefficient (Wildman–Crippen LogP) is 2.14. The van der Waals surface area contributed by atoms with Gasteiger partial charge in [0.2, 0.25) is 10.0 Å². The largest absolute Gasteiger partial charge is 0.481 e. The fourth-order valence-electron chi connectivity index (χ4n) is 1.56. The number of hydrogen-bond donors (Lipinski definition) is 2. The monoisotopic (exact) mass is 305 g/mol. The van der Waals surface area contributed by atoms with Crippen LogP contribution < -0.4 is 4.72 Å². The predicted molar refractivity (Wildman–Crippen MR) is 75.0 cm³/mol. The van der Waals surface area contributed by atoms with Crippen molar-refractivity contribution in [3.63, 3.8) is 0 Å². The number of nitrogens with one attached hydrogen (secondary N) is 1. The molecule has 1 atom stereocenters. The van der Waals surface area contributed by atoms with Crippen LogP contribution in [0.5, 0.6) is 0 Å². The maximum Gasteiger partial charge on any atom is 0.310 e. The van der Waals surface area contributed by atoms with Gasteiger partial charge >= 0.3 is 5.97 Å². The second kappa shape index (κ2) is 5.60. The summed E-state index contributed by atoms with van der Waals surface area (Å²) in [7, 11) is -3.65. The first-order valence-corrected chi connectivity index (χ1v) is 8.22. The average molecular weight is 305 g/mol. The van der Waals surface area contributed by atoms with Crippen molar-refractivity contribution in [3.8, 4) is 0 Å². The molecule has 0 saturated carbocycles. The molecule has 1 heterocycles. The van der Waals surface area contributed by atoms with Gasteiger partial charge in [-0.2, -0.15) is 0 Å². The summed E-state index contributed by atoms with van der Waals surface area (Å²) in [5.41, 5.74) is -1.09. The van der Waals surface area contributed by atoms with E-state index in [1.807, 2.05) is 6.92 Å². The van der Waals surface area contributed by atoms with Crippen molar-refractivity contribution in [2.75, 3.05) is 6.54 Å². The molecule has 5 nitrogen and oxygen atoms in total. The van der Waals surface area contributed by atoms with Crippen LogP contribution in [-0.2, 0) is 14.8 Å². The third-order valence-electron chi connectivity index (χ3n) is 3.23. The summed E-state index contributed by atoms with van der Waals surface area (Å²) in [5, 5.41) is 9.13. The molecule has 1 aromatic heterocycles. The van der Waals surface area contributed by atoms with Crippen molar-refractivity contribution in [1.29, 1.82) is 0 Å². The van der Waals surface area contributed by atoms with E-state index in [0.29, 0.717) is 11.3 Å². The lowest BCUT2D eigenvalue weighted by molar-refractivity contribution is -0.147. The summed E-state index contributed by atoms with van der Waals surface area (Å²) in [5.74, 6) is -1.00. The maximum atomic E-state index is 12.2. The molecule has 0 radical (unpaired) electrons. The van der Waals surface area contributed by atoms with Gasteiger partial charge in [0.15, 0.2) is 0 Å². The minimum absolute atomic E-state index is 0.116. The molecule has 0 saturated heterocycles. The molecule has 0 aliphatic rings. The zero-order chi connectivity index (χ0) is 14.8. The summed E-state index contributed by atoms with van der Waals surface area (Å²) in [6.45, 7) is 6.72. The first-order valence-electron chi connectivity index (χ1n) is 5.92. The molecule has 0 spiro atoms. The Labute approximate surface area is 117 Å². The number of rotatable bonds is 6. The van der Waals surface area contributed by atoms with Gasteiger partial charge in [0.1, 0.15) is 0 Å².